The third kappa shape index (κ3) is 4.22. The molecule has 1 fully saturated rings. The monoisotopic (exact) mass is 264 g/mol. The Kier molecular flexibility index (Phi) is 5.18. The van der Waals surface area contributed by atoms with E-state index in [2.05, 4.69) is 4.90 Å². The van der Waals surface area contributed by atoms with Crippen molar-refractivity contribution in [1.82, 2.24) is 9.80 Å². The molecule has 1 N–H and O–H groups in total. The van der Waals surface area contributed by atoms with Gasteiger partial charge in [-0.25, -0.2) is 0 Å². The number of aliphatic hydroxyl groups excluding tert-OH is 1. The zero-order chi connectivity index (χ0) is 13.5. The summed E-state index contributed by atoms with van der Waals surface area (Å²) in [6.45, 7) is 4.09. The lowest BCUT2D eigenvalue weighted by Crippen LogP contribution is -2.35. The van der Waals surface area contributed by atoms with Crippen LogP contribution in [0.5, 0.6) is 0 Å². The summed E-state index contributed by atoms with van der Waals surface area (Å²) in [5, 5.41) is 8.93. The third-order valence-corrected chi connectivity index (χ3v) is 3.25. The molecule has 0 saturated carbocycles. The Morgan fingerprint density at radius 1 is 1.37 bits per heavy atom. The summed E-state index contributed by atoms with van der Waals surface area (Å²) in [6.07, 6.45) is 5.78. The van der Waals surface area contributed by atoms with Crippen LogP contribution in [0.1, 0.15) is 12.2 Å². The summed E-state index contributed by atoms with van der Waals surface area (Å²) in [5.41, 5.74) is 0. The van der Waals surface area contributed by atoms with E-state index >= 15 is 0 Å². The van der Waals surface area contributed by atoms with Crippen molar-refractivity contribution in [3.63, 3.8) is 0 Å². The van der Waals surface area contributed by atoms with E-state index in [1.54, 1.807) is 24.5 Å². The van der Waals surface area contributed by atoms with Crippen molar-refractivity contribution < 1.29 is 14.3 Å². The number of furan rings is 1. The molecule has 2 rings (SSSR count). The van der Waals surface area contributed by atoms with Crippen LogP contribution < -0.4 is 0 Å². The van der Waals surface area contributed by atoms with Gasteiger partial charge in [-0.15, -0.1) is 0 Å². The Morgan fingerprint density at radius 3 is 3.00 bits per heavy atom. The SMILES string of the molecule is O=C(C=Cc1ccco1)N1CCCN(CCO)CC1. The molecule has 0 aromatic carbocycles. The van der Waals surface area contributed by atoms with Gasteiger partial charge in [0, 0.05) is 32.3 Å². The summed E-state index contributed by atoms with van der Waals surface area (Å²) in [5.74, 6) is 0.701. The normalized spacial score (nSPS) is 17.8. The van der Waals surface area contributed by atoms with E-state index in [4.69, 9.17) is 9.52 Å². The predicted molar refractivity (Wildman–Crippen MR) is 72.5 cm³/mol. The maximum Gasteiger partial charge on any atom is 0.246 e. The van der Waals surface area contributed by atoms with Gasteiger partial charge in [-0.05, 0) is 31.2 Å². The lowest BCUT2D eigenvalue weighted by molar-refractivity contribution is -0.125. The molecule has 0 atom stereocenters. The summed E-state index contributed by atoms with van der Waals surface area (Å²) in [7, 11) is 0. The number of carbonyl (C=O) groups is 1. The van der Waals surface area contributed by atoms with Crippen LogP contribution in [0.3, 0.4) is 0 Å². The summed E-state index contributed by atoms with van der Waals surface area (Å²) < 4.78 is 5.15. The Bertz CT molecular complexity index is 414. The number of amides is 1. The maximum absolute atomic E-state index is 12.0. The van der Waals surface area contributed by atoms with Gasteiger partial charge in [0.15, 0.2) is 0 Å². The third-order valence-electron chi connectivity index (χ3n) is 3.25. The average molecular weight is 264 g/mol. The molecular formula is C14H20N2O3. The highest BCUT2D eigenvalue weighted by Gasteiger charge is 2.16. The molecule has 104 valence electrons. The molecule has 1 saturated heterocycles. The van der Waals surface area contributed by atoms with E-state index in [0.29, 0.717) is 18.8 Å². The standard InChI is InChI=1S/C14H20N2O3/c17-11-10-15-6-2-7-16(9-8-15)14(18)5-4-13-3-1-12-19-13/h1,3-5,12,17H,2,6-11H2. The van der Waals surface area contributed by atoms with Crippen molar-refractivity contribution in [1.29, 1.82) is 0 Å². The number of hydrogen-bond acceptors (Lipinski definition) is 4. The minimum absolute atomic E-state index is 0.0160. The molecule has 1 aromatic rings. The van der Waals surface area contributed by atoms with E-state index in [1.165, 1.54) is 0 Å². The number of aliphatic hydroxyl groups is 1. The first-order valence-corrected chi connectivity index (χ1v) is 6.63. The number of β-amino-alcohol motifs (C(OH)–C–C–N with tert-alkyl or cyclic N) is 1. The van der Waals surface area contributed by atoms with Gasteiger partial charge in [-0.1, -0.05) is 0 Å². The highest BCUT2D eigenvalue weighted by atomic mass is 16.3. The lowest BCUT2D eigenvalue weighted by atomic mass is 10.3. The second kappa shape index (κ2) is 7.11. The topological polar surface area (TPSA) is 56.9 Å². The predicted octanol–water partition coefficient (Wildman–Crippen LogP) is 0.819. The van der Waals surface area contributed by atoms with Crippen molar-refractivity contribution in [2.24, 2.45) is 0 Å². The zero-order valence-corrected chi connectivity index (χ0v) is 11.0. The van der Waals surface area contributed by atoms with Crippen molar-refractivity contribution in [2.45, 2.75) is 6.42 Å². The van der Waals surface area contributed by atoms with E-state index in [1.807, 2.05) is 11.0 Å². The van der Waals surface area contributed by atoms with Gasteiger partial charge in [0.25, 0.3) is 0 Å². The summed E-state index contributed by atoms with van der Waals surface area (Å²) >= 11 is 0. The first-order chi connectivity index (χ1) is 9.29. The minimum Gasteiger partial charge on any atom is -0.465 e. The molecule has 1 aliphatic heterocycles. The van der Waals surface area contributed by atoms with Gasteiger partial charge < -0.3 is 14.4 Å². The van der Waals surface area contributed by atoms with Gasteiger partial charge in [0.05, 0.1) is 12.9 Å². The van der Waals surface area contributed by atoms with Crippen LogP contribution in [-0.2, 0) is 4.79 Å². The Hall–Kier alpha value is -1.59. The smallest absolute Gasteiger partial charge is 0.246 e. The van der Waals surface area contributed by atoms with Crippen molar-refractivity contribution in [3.8, 4) is 0 Å². The fourth-order valence-electron chi connectivity index (χ4n) is 2.20. The van der Waals surface area contributed by atoms with Crippen LogP contribution >= 0.6 is 0 Å². The number of hydrogen-bond donors (Lipinski definition) is 1. The fraction of sp³-hybridized carbons (Fsp3) is 0.500. The Balaban J connectivity index is 1.85. The highest BCUT2D eigenvalue weighted by Crippen LogP contribution is 2.06. The lowest BCUT2D eigenvalue weighted by Gasteiger charge is -2.20. The van der Waals surface area contributed by atoms with Gasteiger partial charge >= 0.3 is 0 Å². The first-order valence-electron chi connectivity index (χ1n) is 6.63. The summed E-state index contributed by atoms with van der Waals surface area (Å²) in [6, 6.07) is 3.61. The number of carbonyl (C=O) groups excluding carboxylic acids is 1. The number of rotatable bonds is 4. The van der Waals surface area contributed by atoms with Crippen LogP contribution in [-0.4, -0.2) is 60.1 Å². The van der Waals surface area contributed by atoms with Crippen LogP contribution in [0.2, 0.25) is 0 Å². The molecule has 0 bridgehead atoms. The second-order valence-corrected chi connectivity index (χ2v) is 4.59. The quantitative estimate of drug-likeness (QED) is 0.818. The molecule has 1 amide bonds. The molecule has 5 nitrogen and oxygen atoms in total. The summed E-state index contributed by atoms with van der Waals surface area (Å²) in [4.78, 5) is 16.1. The Morgan fingerprint density at radius 2 is 2.26 bits per heavy atom. The average Bonchev–Trinajstić information content (AvgIpc) is 2.82. The largest absolute Gasteiger partial charge is 0.465 e. The van der Waals surface area contributed by atoms with Gasteiger partial charge in [-0.2, -0.15) is 0 Å². The minimum atomic E-state index is 0.0160. The molecule has 5 heteroatoms. The Labute approximate surface area is 113 Å². The first kappa shape index (κ1) is 13.8. The van der Waals surface area contributed by atoms with E-state index in [-0.39, 0.29) is 12.5 Å². The van der Waals surface area contributed by atoms with Crippen LogP contribution in [0, 0.1) is 0 Å². The molecule has 0 aliphatic carbocycles. The van der Waals surface area contributed by atoms with Gasteiger partial charge in [0.2, 0.25) is 5.91 Å². The molecule has 19 heavy (non-hydrogen) atoms. The van der Waals surface area contributed by atoms with Crippen molar-refractivity contribution >= 4 is 12.0 Å². The molecule has 1 aromatic heterocycles. The molecule has 0 unspecified atom stereocenters. The molecule has 0 radical (unpaired) electrons. The van der Waals surface area contributed by atoms with E-state index < -0.39 is 0 Å². The zero-order valence-electron chi connectivity index (χ0n) is 11.0. The molecule has 2 heterocycles. The second-order valence-electron chi connectivity index (χ2n) is 4.59. The van der Waals surface area contributed by atoms with Crippen molar-refractivity contribution in [3.05, 3.63) is 30.2 Å². The van der Waals surface area contributed by atoms with Crippen LogP contribution in [0.25, 0.3) is 6.08 Å². The van der Waals surface area contributed by atoms with Gasteiger partial charge in [0.1, 0.15) is 5.76 Å². The van der Waals surface area contributed by atoms with Crippen molar-refractivity contribution in [2.75, 3.05) is 39.3 Å². The van der Waals surface area contributed by atoms with Crippen LogP contribution in [0.4, 0.5) is 0 Å². The number of nitrogens with zero attached hydrogens (tertiary/aromatic N) is 2. The fourth-order valence-corrected chi connectivity index (χ4v) is 2.20. The van der Waals surface area contributed by atoms with Crippen LogP contribution in [0.15, 0.2) is 28.9 Å². The van der Waals surface area contributed by atoms with E-state index in [0.717, 1.165) is 26.1 Å². The molecule has 1 aliphatic rings. The van der Waals surface area contributed by atoms with Gasteiger partial charge in [-0.3, -0.25) is 9.69 Å². The van der Waals surface area contributed by atoms with E-state index in [9.17, 15) is 4.79 Å². The molecular weight excluding hydrogens is 244 g/mol. The highest BCUT2D eigenvalue weighted by molar-refractivity contribution is 5.91. The molecule has 0 spiro atoms. The maximum atomic E-state index is 12.0.